The predicted molar refractivity (Wildman–Crippen MR) is 102 cm³/mol. The number of alkyl carbamates (subject to hydrolysis) is 1. The molecule has 10 atom stereocenters. The van der Waals surface area contributed by atoms with Gasteiger partial charge in [-0.25, -0.2) is 4.79 Å². The van der Waals surface area contributed by atoms with Crippen LogP contribution in [0.15, 0.2) is 10.2 Å². The Labute approximate surface area is 187 Å². The summed E-state index contributed by atoms with van der Waals surface area (Å²) in [6.07, 6.45) is -12.1. The predicted octanol–water partition coefficient (Wildman–Crippen LogP) is -4.48. The van der Waals surface area contributed by atoms with Gasteiger partial charge in [0, 0.05) is 0 Å². The molecule has 1 amide bonds. The number of aliphatic hydroxyl groups excluding tert-OH is 7. The molecule has 3 aliphatic heterocycles. The summed E-state index contributed by atoms with van der Waals surface area (Å²) >= 11 is 0. The van der Waals surface area contributed by atoms with Gasteiger partial charge in [0.05, 0.1) is 26.2 Å². The number of nitrogens with zero attached hydrogens (tertiary/aromatic N) is 2. The molecule has 15 heteroatoms. The lowest BCUT2D eigenvalue weighted by atomic mass is 9.97. The number of nitrogens with one attached hydrogen (secondary N) is 1. The van der Waals surface area contributed by atoms with E-state index in [1.807, 2.05) is 0 Å². The van der Waals surface area contributed by atoms with Crippen molar-refractivity contribution in [1.82, 2.24) is 5.32 Å². The molecule has 0 radical (unpaired) electrons. The standard InChI is InChI=1S/C18H27N3O12/c1-2-3-18(20-21-18)6-19-17(29)33-14-12(27)13(8(5-23)30-15(14)28)32-16-11(26)10(25)9(24)7(4-22)31-16/h1,7-16,22-28H,3-6H2,(H,19,29)/t7?,8?,9-,10-,11?,12-,13+,14?,15?,16-/m0/s1. The number of amides is 1. The third-order valence-electron chi connectivity index (χ3n) is 5.48. The average molecular weight is 477 g/mol. The van der Waals surface area contributed by atoms with Gasteiger partial charge in [-0.2, -0.15) is 10.2 Å². The molecule has 0 aromatic heterocycles. The molecular weight excluding hydrogens is 450 g/mol. The lowest BCUT2D eigenvalue weighted by Crippen LogP contribution is -2.65. The Morgan fingerprint density at radius 3 is 2.21 bits per heavy atom. The van der Waals surface area contributed by atoms with Gasteiger partial charge >= 0.3 is 6.09 Å². The first-order valence-corrected chi connectivity index (χ1v) is 10.1. The molecule has 0 aromatic carbocycles. The minimum Gasteiger partial charge on any atom is -0.438 e. The number of ether oxygens (including phenoxy) is 4. The molecule has 3 heterocycles. The maximum Gasteiger partial charge on any atom is 0.407 e. The first-order chi connectivity index (χ1) is 15.7. The molecule has 5 unspecified atom stereocenters. The van der Waals surface area contributed by atoms with Crippen LogP contribution in [-0.4, -0.2) is 129 Å². The Morgan fingerprint density at radius 1 is 0.970 bits per heavy atom. The topological polar surface area (TPSA) is 232 Å². The van der Waals surface area contributed by atoms with Crippen molar-refractivity contribution in [3.05, 3.63) is 0 Å². The lowest BCUT2D eigenvalue weighted by molar-refractivity contribution is -0.354. The van der Waals surface area contributed by atoms with E-state index in [1.165, 1.54) is 0 Å². The molecule has 0 saturated carbocycles. The highest BCUT2D eigenvalue weighted by atomic mass is 16.7. The van der Waals surface area contributed by atoms with Crippen LogP contribution in [0.2, 0.25) is 0 Å². The molecule has 0 spiro atoms. The van der Waals surface area contributed by atoms with Crippen LogP contribution in [-0.2, 0) is 18.9 Å². The number of carbonyl (C=O) groups is 1. The average Bonchev–Trinajstić information content (AvgIpc) is 3.56. The highest BCUT2D eigenvalue weighted by molar-refractivity contribution is 5.67. The summed E-state index contributed by atoms with van der Waals surface area (Å²) in [5.41, 5.74) is -0.940. The van der Waals surface area contributed by atoms with E-state index >= 15 is 0 Å². The maximum absolute atomic E-state index is 12.2. The number of rotatable bonds is 8. The van der Waals surface area contributed by atoms with E-state index < -0.39 is 86.4 Å². The number of carbonyl (C=O) groups excluding carboxylic acids is 1. The number of hydrogen-bond donors (Lipinski definition) is 8. The van der Waals surface area contributed by atoms with Crippen LogP contribution in [0.5, 0.6) is 0 Å². The summed E-state index contributed by atoms with van der Waals surface area (Å²) in [5.74, 6) is 2.36. The zero-order valence-corrected chi connectivity index (χ0v) is 17.2. The van der Waals surface area contributed by atoms with E-state index in [0.717, 1.165) is 0 Å². The van der Waals surface area contributed by atoms with Gasteiger partial charge in [-0.3, -0.25) is 0 Å². The Hall–Kier alpha value is -1.97. The summed E-state index contributed by atoms with van der Waals surface area (Å²) in [6, 6.07) is 0. The van der Waals surface area contributed by atoms with Gasteiger partial charge in [0.25, 0.3) is 0 Å². The van der Waals surface area contributed by atoms with E-state index in [9.17, 15) is 40.5 Å². The van der Waals surface area contributed by atoms with Gasteiger partial charge in [0.15, 0.2) is 18.7 Å². The van der Waals surface area contributed by atoms with Gasteiger partial charge in [0.1, 0.15) is 42.7 Å². The second kappa shape index (κ2) is 10.5. The SMILES string of the molecule is C#CCC1(CNC(=O)OC2C(O)OC(CO)[C@@H](O[C@@H]3OC(CO)[C@H](O)[C@H](O)C3O)[C@@H]2O)N=N1. The van der Waals surface area contributed by atoms with Crippen LogP contribution < -0.4 is 5.32 Å². The van der Waals surface area contributed by atoms with Crippen molar-refractivity contribution < 1.29 is 59.5 Å². The smallest absolute Gasteiger partial charge is 0.407 e. The van der Waals surface area contributed by atoms with Crippen molar-refractivity contribution in [3.8, 4) is 12.3 Å². The van der Waals surface area contributed by atoms with Crippen molar-refractivity contribution in [2.45, 2.75) is 73.5 Å². The zero-order chi connectivity index (χ0) is 24.3. The Kier molecular flexibility index (Phi) is 8.18. The van der Waals surface area contributed by atoms with Gasteiger partial charge < -0.3 is 60.0 Å². The fourth-order valence-corrected chi connectivity index (χ4v) is 3.50. The maximum atomic E-state index is 12.2. The van der Waals surface area contributed by atoms with Crippen molar-refractivity contribution in [2.24, 2.45) is 10.2 Å². The summed E-state index contributed by atoms with van der Waals surface area (Å²) in [4.78, 5) is 12.2. The summed E-state index contributed by atoms with van der Waals surface area (Å²) in [6.45, 7) is -1.56. The molecule has 3 rings (SSSR count). The molecule has 2 saturated heterocycles. The summed E-state index contributed by atoms with van der Waals surface area (Å²) < 4.78 is 20.9. The van der Waals surface area contributed by atoms with Crippen LogP contribution in [0.25, 0.3) is 0 Å². The van der Waals surface area contributed by atoms with E-state index in [2.05, 4.69) is 21.5 Å². The van der Waals surface area contributed by atoms with Crippen LogP contribution >= 0.6 is 0 Å². The second-order valence-corrected chi connectivity index (χ2v) is 7.82. The van der Waals surface area contributed by atoms with Crippen molar-refractivity contribution in [3.63, 3.8) is 0 Å². The molecule has 0 aliphatic carbocycles. The molecule has 3 aliphatic rings. The normalized spacial score (nSPS) is 41.8. The van der Waals surface area contributed by atoms with E-state index in [0.29, 0.717) is 0 Å². The van der Waals surface area contributed by atoms with Crippen LogP contribution in [0, 0.1) is 12.3 Å². The molecule has 2 fully saturated rings. The quantitative estimate of drug-likeness (QED) is 0.155. The fraction of sp³-hybridized carbons (Fsp3) is 0.833. The van der Waals surface area contributed by atoms with Crippen molar-refractivity contribution in [2.75, 3.05) is 19.8 Å². The molecule has 33 heavy (non-hydrogen) atoms. The van der Waals surface area contributed by atoms with Gasteiger partial charge in [0.2, 0.25) is 5.66 Å². The van der Waals surface area contributed by atoms with E-state index in [1.54, 1.807) is 0 Å². The second-order valence-electron chi connectivity index (χ2n) is 7.82. The van der Waals surface area contributed by atoms with E-state index in [4.69, 9.17) is 25.4 Å². The zero-order valence-electron chi connectivity index (χ0n) is 17.2. The molecule has 186 valence electrons. The number of aliphatic hydroxyl groups is 7. The first kappa shape index (κ1) is 25.6. The minimum absolute atomic E-state index is 0.0835. The highest BCUT2D eigenvalue weighted by Crippen LogP contribution is 2.31. The van der Waals surface area contributed by atoms with Gasteiger partial charge in [-0.15, -0.1) is 12.3 Å². The van der Waals surface area contributed by atoms with Crippen LogP contribution in [0.1, 0.15) is 6.42 Å². The monoisotopic (exact) mass is 477 g/mol. The molecule has 8 N–H and O–H groups in total. The minimum atomic E-state index is -1.85. The third-order valence-corrected chi connectivity index (χ3v) is 5.48. The van der Waals surface area contributed by atoms with Gasteiger partial charge in [-0.1, -0.05) is 0 Å². The summed E-state index contributed by atoms with van der Waals surface area (Å²) in [7, 11) is 0. The van der Waals surface area contributed by atoms with E-state index in [-0.39, 0.29) is 13.0 Å². The number of hydrogen-bond acceptors (Lipinski definition) is 14. The first-order valence-electron chi connectivity index (χ1n) is 10.1. The Balaban J connectivity index is 1.65. The van der Waals surface area contributed by atoms with Crippen molar-refractivity contribution >= 4 is 6.09 Å². The molecular formula is C18H27N3O12. The van der Waals surface area contributed by atoms with Crippen LogP contribution in [0.3, 0.4) is 0 Å². The number of terminal acetylenes is 1. The Bertz CT molecular complexity index is 754. The molecule has 15 nitrogen and oxygen atoms in total. The summed E-state index contributed by atoms with van der Waals surface area (Å²) in [5, 5.41) is 79.5. The fourth-order valence-electron chi connectivity index (χ4n) is 3.50. The lowest BCUT2D eigenvalue weighted by Gasteiger charge is -2.45. The third kappa shape index (κ3) is 5.58. The largest absolute Gasteiger partial charge is 0.438 e. The molecule has 0 bridgehead atoms. The van der Waals surface area contributed by atoms with Gasteiger partial charge in [-0.05, 0) is 0 Å². The van der Waals surface area contributed by atoms with Crippen LogP contribution in [0.4, 0.5) is 4.79 Å². The van der Waals surface area contributed by atoms with Crippen molar-refractivity contribution in [1.29, 1.82) is 0 Å². The highest BCUT2D eigenvalue weighted by Gasteiger charge is 2.52. The molecule has 0 aromatic rings. The Morgan fingerprint density at radius 2 is 1.64 bits per heavy atom.